The van der Waals surface area contributed by atoms with Crippen LogP contribution in [0.5, 0.6) is 5.75 Å². The second kappa shape index (κ2) is 23.1. The van der Waals surface area contributed by atoms with Crippen molar-refractivity contribution >= 4 is 77.2 Å². The van der Waals surface area contributed by atoms with E-state index in [0.29, 0.717) is 18.4 Å². The van der Waals surface area contributed by atoms with Gasteiger partial charge in [0.25, 0.3) is 11.8 Å². The molecule has 0 saturated carbocycles. The smallest absolute Gasteiger partial charge is 0.457 e. The first-order valence-electron chi connectivity index (χ1n) is 23.3. The first-order valence-corrected chi connectivity index (χ1v) is 27.4. The number of hydrogen-bond acceptors (Lipinski definition) is 13. The Bertz CT molecular complexity index is 2420. The Kier molecular flexibility index (Phi) is 18.3. The molecule has 0 bridgehead atoms. The number of aromatic nitrogens is 1. The molecule has 2 aromatic carbocycles. The van der Waals surface area contributed by atoms with Crippen molar-refractivity contribution in [3.8, 4) is 5.75 Å². The molecule has 0 N–H and O–H groups in total. The summed E-state index contributed by atoms with van der Waals surface area (Å²) in [4.78, 5) is 85.2. The number of hydrogen-bond donors (Lipinski definition) is 0. The first kappa shape index (κ1) is 54.0. The van der Waals surface area contributed by atoms with Crippen LogP contribution < -0.4 is 4.74 Å². The van der Waals surface area contributed by atoms with Crippen LogP contribution in [0.3, 0.4) is 0 Å². The first-order chi connectivity index (χ1) is 31.9. The monoisotopic (exact) mass is 990 g/mol. The van der Waals surface area contributed by atoms with Gasteiger partial charge in [0, 0.05) is 37.5 Å². The van der Waals surface area contributed by atoms with Gasteiger partial charge in [0.2, 0.25) is 0 Å². The van der Waals surface area contributed by atoms with Crippen LogP contribution in [-0.4, -0.2) is 72.6 Å². The Hall–Kier alpha value is -4.96. The van der Waals surface area contributed by atoms with Crippen LogP contribution in [-0.2, 0) is 49.2 Å². The maximum Gasteiger partial charge on any atom is 0.508 e. The van der Waals surface area contributed by atoms with Crippen LogP contribution in [0.1, 0.15) is 122 Å². The van der Waals surface area contributed by atoms with Crippen molar-refractivity contribution < 1.29 is 52.1 Å². The fraction of sp³-hybridized carbons (Fsp3) is 0.519. The fourth-order valence-corrected chi connectivity index (χ4v) is 10.6. The van der Waals surface area contributed by atoms with Crippen molar-refractivity contribution in [2.24, 2.45) is 17.3 Å². The molecule has 3 aromatic rings. The molecule has 0 spiro atoms. The standard InChI is InChI=1S/C52H67ClN2O11SSi/c1-12-15-37-48(66-68(10,11)51(5,6)7)33(3)17-13-16-32(2)19-22-40(36-21-24-42-39(29-36)54-34(4)67-42)63-47(59)30-43(52(8,9)49(37)60)65-50(61)62-31-35-20-23-41(38(53)28-35)64-46(58)18-14-27-55-44(56)25-26-45(55)57/h12,19-21,23-26,28-29,33,37,40,43,48H,1,13-18,22,27,30-31H2,2-11H3/b32-19-/t33-,37+,40-,43-,48-/m0/s1. The molecule has 5 atom stereocenters. The molecule has 16 heteroatoms. The van der Waals surface area contributed by atoms with Crippen molar-refractivity contribution in [2.75, 3.05) is 6.54 Å². The highest BCUT2D eigenvalue weighted by atomic mass is 35.5. The van der Waals surface area contributed by atoms with Gasteiger partial charge in [-0.2, -0.15) is 0 Å². The van der Waals surface area contributed by atoms with Gasteiger partial charge in [-0.15, -0.1) is 17.9 Å². The van der Waals surface area contributed by atoms with Gasteiger partial charge in [-0.1, -0.05) is 69.2 Å². The van der Waals surface area contributed by atoms with Crippen molar-refractivity contribution in [3.05, 3.63) is 94.0 Å². The van der Waals surface area contributed by atoms with Gasteiger partial charge in [0.05, 0.1) is 38.2 Å². The minimum absolute atomic E-state index is 0.0250. The lowest BCUT2D eigenvalue weighted by molar-refractivity contribution is -0.157. The Morgan fingerprint density at radius 3 is 2.43 bits per heavy atom. The van der Waals surface area contributed by atoms with Crippen LogP contribution in [0.15, 0.2) is 72.9 Å². The fourth-order valence-electron chi connectivity index (χ4n) is 8.13. The molecular formula is C52H67ClN2O11SSi. The number of ether oxygens (including phenoxy) is 4. The summed E-state index contributed by atoms with van der Waals surface area (Å²) < 4.78 is 31.5. The minimum Gasteiger partial charge on any atom is -0.457 e. The average molecular weight is 992 g/mol. The lowest BCUT2D eigenvalue weighted by Crippen LogP contribution is -2.52. The summed E-state index contributed by atoms with van der Waals surface area (Å²) in [6.45, 7) is 24.1. The van der Waals surface area contributed by atoms with E-state index in [0.717, 1.165) is 50.5 Å². The van der Waals surface area contributed by atoms with E-state index in [4.69, 9.17) is 35.0 Å². The number of cyclic esters (lactones) is 1. The van der Waals surface area contributed by atoms with Crippen LogP contribution in [0, 0.1) is 24.2 Å². The number of fused-ring (bicyclic) bond motifs is 1. The molecule has 2 aliphatic rings. The molecule has 13 nitrogen and oxygen atoms in total. The summed E-state index contributed by atoms with van der Waals surface area (Å²) in [5, 5.41) is 0.835. The van der Waals surface area contributed by atoms with E-state index >= 15 is 4.79 Å². The SMILES string of the molecule is C=CC[C@H]1C(=O)C(C)(C)[C@@H](OC(=O)OCc2ccc(OC(=O)CCCN3C(=O)C=CC3=O)c(Cl)c2)CC(=O)O[C@H](c2ccc3sc(C)nc3c2)C/C=C(/C)CCC[C@H](C)[C@@H]1O[Si](C)(C)C(C)(C)C. The number of nitrogens with zero attached hydrogens (tertiary/aromatic N) is 2. The Morgan fingerprint density at radius 1 is 1.06 bits per heavy atom. The second-order valence-corrected chi connectivity index (χ2v) is 26.4. The number of halogens is 1. The number of carbonyl (C=O) groups is 6. The van der Waals surface area contributed by atoms with Gasteiger partial charge in [0.1, 0.15) is 30.3 Å². The molecule has 2 aliphatic heterocycles. The van der Waals surface area contributed by atoms with Crippen molar-refractivity contribution in [3.63, 3.8) is 0 Å². The van der Waals surface area contributed by atoms with Crippen LogP contribution in [0.25, 0.3) is 10.2 Å². The number of carbonyl (C=O) groups excluding carboxylic acids is 6. The average Bonchev–Trinajstić information content (AvgIpc) is 3.80. The number of thiazole rings is 1. The molecule has 3 heterocycles. The predicted octanol–water partition coefficient (Wildman–Crippen LogP) is 11.9. The Morgan fingerprint density at radius 2 is 1.76 bits per heavy atom. The summed E-state index contributed by atoms with van der Waals surface area (Å²) in [7, 11) is -2.44. The number of benzene rings is 2. The van der Waals surface area contributed by atoms with E-state index in [1.54, 1.807) is 37.3 Å². The van der Waals surface area contributed by atoms with Gasteiger partial charge in [-0.3, -0.25) is 28.9 Å². The summed E-state index contributed by atoms with van der Waals surface area (Å²) in [6.07, 6.45) is 5.41. The van der Waals surface area contributed by atoms with E-state index in [1.165, 1.54) is 24.3 Å². The van der Waals surface area contributed by atoms with Crippen LogP contribution in [0.2, 0.25) is 23.2 Å². The largest absolute Gasteiger partial charge is 0.508 e. The summed E-state index contributed by atoms with van der Waals surface area (Å²) in [6, 6.07) is 10.3. The molecule has 368 valence electrons. The number of esters is 2. The maximum atomic E-state index is 15.3. The second-order valence-electron chi connectivity index (χ2n) is 20.0. The topological polar surface area (TPSA) is 165 Å². The molecule has 1 aromatic heterocycles. The third-order valence-corrected chi connectivity index (χ3v) is 19.0. The van der Waals surface area contributed by atoms with Gasteiger partial charge in [0.15, 0.2) is 8.32 Å². The van der Waals surface area contributed by atoms with Gasteiger partial charge >= 0.3 is 18.1 Å². The third kappa shape index (κ3) is 14.1. The van der Waals surface area contributed by atoms with Crippen molar-refractivity contribution in [1.29, 1.82) is 0 Å². The molecule has 2 amide bonds. The molecule has 0 radical (unpaired) electrons. The molecule has 5 rings (SSSR count). The van der Waals surface area contributed by atoms with E-state index in [1.807, 2.05) is 25.1 Å². The third-order valence-electron chi connectivity index (χ3n) is 13.3. The number of Topliss-reactive ketones (excluding diaryl/α,β-unsaturated/α-hetero) is 1. The van der Waals surface area contributed by atoms with Crippen molar-refractivity contribution in [2.45, 2.75) is 150 Å². The molecule has 68 heavy (non-hydrogen) atoms. The number of aryl methyl sites for hydroxylation is 1. The van der Waals surface area contributed by atoms with Crippen molar-refractivity contribution in [1.82, 2.24) is 9.88 Å². The highest BCUT2D eigenvalue weighted by Crippen LogP contribution is 2.43. The van der Waals surface area contributed by atoms with E-state index in [2.05, 4.69) is 65.4 Å². The Balaban J connectivity index is 1.40. The zero-order chi connectivity index (χ0) is 50.1. The number of amides is 2. The van der Waals surface area contributed by atoms with E-state index in [9.17, 15) is 24.0 Å². The molecule has 0 unspecified atom stereocenters. The molecule has 0 saturated heterocycles. The summed E-state index contributed by atoms with van der Waals surface area (Å²) in [5.41, 5.74) is 1.70. The van der Waals surface area contributed by atoms with Crippen LogP contribution >= 0.6 is 22.9 Å². The zero-order valence-corrected chi connectivity index (χ0v) is 43.7. The van der Waals surface area contributed by atoms with Gasteiger partial charge in [-0.25, -0.2) is 9.78 Å². The number of rotatable bonds is 13. The highest BCUT2D eigenvalue weighted by Gasteiger charge is 2.49. The quantitative estimate of drug-likeness (QED) is 0.0524. The highest BCUT2D eigenvalue weighted by molar-refractivity contribution is 7.18. The normalized spacial score (nSPS) is 23.0. The lowest BCUT2D eigenvalue weighted by atomic mass is 9.71. The van der Waals surface area contributed by atoms with E-state index in [-0.39, 0.29) is 53.5 Å². The summed E-state index contributed by atoms with van der Waals surface area (Å²) in [5.74, 6) is -3.04. The van der Waals surface area contributed by atoms with E-state index < -0.39 is 74.3 Å². The summed E-state index contributed by atoms with van der Waals surface area (Å²) >= 11 is 8.05. The number of ketones is 1. The number of imide groups is 1. The molecular weight excluding hydrogens is 924 g/mol. The molecule has 0 fully saturated rings. The van der Waals surface area contributed by atoms with Crippen LogP contribution in [0.4, 0.5) is 4.79 Å². The predicted molar refractivity (Wildman–Crippen MR) is 266 cm³/mol. The Labute approximate surface area is 410 Å². The molecule has 0 aliphatic carbocycles. The zero-order valence-electron chi connectivity index (χ0n) is 41.1. The van der Waals surface area contributed by atoms with Gasteiger partial charge in [-0.05, 0) is 119 Å². The van der Waals surface area contributed by atoms with Gasteiger partial charge < -0.3 is 23.4 Å². The number of allylic oxidation sites excluding steroid dienone is 2. The minimum atomic E-state index is -2.44. The lowest BCUT2D eigenvalue weighted by Gasteiger charge is -2.45. The maximum absolute atomic E-state index is 15.3.